The first-order valence-corrected chi connectivity index (χ1v) is 12.2. The highest BCUT2D eigenvalue weighted by Crippen LogP contribution is 2.28. The number of hydrogen-bond acceptors (Lipinski definition) is 6. The van der Waals surface area contributed by atoms with Gasteiger partial charge in [0.25, 0.3) is 5.91 Å². The highest BCUT2D eigenvalue weighted by Gasteiger charge is 2.28. The zero-order valence-corrected chi connectivity index (χ0v) is 18.9. The van der Waals surface area contributed by atoms with Gasteiger partial charge in [0.1, 0.15) is 4.88 Å². The third kappa shape index (κ3) is 4.91. The maximum Gasteiger partial charge on any atom is 0.348 e. The minimum absolute atomic E-state index is 0.185. The third-order valence-electron chi connectivity index (χ3n) is 5.11. The van der Waals surface area contributed by atoms with Crippen molar-refractivity contribution >= 4 is 38.2 Å². The normalized spacial score (nSPS) is 15.7. The Kier molecular flexibility index (Phi) is 6.95. The van der Waals surface area contributed by atoms with Crippen LogP contribution in [0.15, 0.2) is 35.2 Å². The highest BCUT2D eigenvalue weighted by atomic mass is 32.2. The van der Waals surface area contributed by atoms with Gasteiger partial charge in [-0.1, -0.05) is 6.92 Å². The fraction of sp³-hybridized carbons (Fsp3) is 0.429. The first-order valence-electron chi connectivity index (χ1n) is 9.91. The summed E-state index contributed by atoms with van der Waals surface area (Å²) in [6.45, 7) is 6.96. The smallest absolute Gasteiger partial charge is 0.348 e. The van der Waals surface area contributed by atoms with Crippen LogP contribution >= 0.6 is 11.3 Å². The molecule has 0 atom stereocenters. The van der Waals surface area contributed by atoms with Gasteiger partial charge < -0.3 is 10.1 Å². The molecule has 1 aliphatic heterocycles. The zero-order chi connectivity index (χ0) is 21.9. The minimum atomic E-state index is -3.55. The Morgan fingerprint density at radius 3 is 2.43 bits per heavy atom. The van der Waals surface area contributed by atoms with Gasteiger partial charge in [0.15, 0.2) is 0 Å². The number of sulfonamides is 1. The van der Waals surface area contributed by atoms with E-state index in [4.69, 9.17) is 4.74 Å². The van der Waals surface area contributed by atoms with Gasteiger partial charge in [0.05, 0.1) is 16.5 Å². The number of nitrogens with zero attached hydrogens (tertiary/aromatic N) is 1. The molecule has 162 valence electrons. The van der Waals surface area contributed by atoms with E-state index in [0.717, 1.165) is 29.7 Å². The lowest BCUT2D eigenvalue weighted by atomic mass is 10.0. The summed E-state index contributed by atoms with van der Waals surface area (Å²) in [5.74, 6) is -0.252. The van der Waals surface area contributed by atoms with Gasteiger partial charge in [0.2, 0.25) is 10.0 Å². The molecule has 0 spiro atoms. The topological polar surface area (TPSA) is 92.8 Å². The molecule has 0 aliphatic carbocycles. The van der Waals surface area contributed by atoms with Gasteiger partial charge in [-0.2, -0.15) is 4.31 Å². The van der Waals surface area contributed by atoms with Crippen molar-refractivity contribution in [2.45, 2.75) is 38.5 Å². The van der Waals surface area contributed by atoms with E-state index in [2.05, 4.69) is 12.2 Å². The number of hydrogen-bond donors (Lipinski definition) is 1. The number of esters is 1. The predicted octanol–water partition coefficient (Wildman–Crippen LogP) is 3.91. The van der Waals surface area contributed by atoms with E-state index < -0.39 is 16.0 Å². The van der Waals surface area contributed by atoms with Crippen LogP contribution in [-0.2, 0) is 14.8 Å². The molecule has 1 fully saturated rings. The molecule has 1 aromatic carbocycles. The minimum Gasteiger partial charge on any atom is -0.462 e. The molecule has 0 bridgehead atoms. The average Bonchev–Trinajstić information content (AvgIpc) is 3.08. The Balaban J connectivity index is 1.70. The molecule has 7 nitrogen and oxygen atoms in total. The number of nitrogens with one attached hydrogen (secondary N) is 1. The molecule has 2 aromatic rings. The van der Waals surface area contributed by atoms with Gasteiger partial charge in [-0.05, 0) is 68.5 Å². The quantitative estimate of drug-likeness (QED) is 0.674. The van der Waals surface area contributed by atoms with Crippen LogP contribution in [0, 0.1) is 12.8 Å². The van der Waals surface area contributed by atoms with Crippen molar-refractivity contribution in [1.82, 2.24) is 4.31 Å². The molecule has 0 unspecified atom stereocenters. The largest absolute Gasteiger partial charge is 0.462 e. The van der Waals surface area contributed by atoms with Crippen molar-refractivity contribution in [3.63, 3.8) is 0 Å². The highest BCUT2D eigenvalue weighted by molar-refractivity contribution is 7.89. The van der Waals surface area contributed by atoms with Crippen LogP contribution in [0.25, 0.3) is 0 Å². The first-order chi connectivity index (χ1) is 14.2. The fourth-order valence-corrected chi connectivity index (χ4v) is 5.71. The van der Waals surface area contributed by atoms with Gasteiger partial charge in [-0.15, -0.1) is 11.3 Å². The fourth-order valence-electron chi connectivity index (χ4n) is 3.28. The molecule has 1 aromatic heterocycles. The van der Waals surface area contributed by atoms with Crippen LogP contribution in [0.3, 0.4) is 0 Å². The summed E-state index contributed by atoms with van der Waals surface area (Å²) >= 11 is 1.15. The number of aryl methyl sites for hydroxylation is 1. The molecule has 9 heteroatoms. The van der Waals surface area contributed by atoms with Crippen molar-refractivity contribution in [2.24, 2.45) is 5.92 Å². The Morgan fingerprint density at radius 1 is 1.20 bits per heavy atom. The Morgan fingerprint density at radius 2 is 1.83 bits per heavy atom. The number of carbonyl (C=O) groups is 2. The van der Waals surface area contributed by atoms with E-state index in [1.807, 2.05) is 0 Å². The van der Waals surface area contributed by atoms with Gasteiger partial charge in [-0.25, -0.2) is 13.2 Å². The van der Waals surface area contributed by atoms with Crippen molar-refractivity contribution in [2.75, 3.05) is 25.0 Å². The number of carbonyl (C=O) groups excluding carboxylic acids is 2. The molecule has 3 rings (SSSR count). The van der Waals surface area contributed by atoms with Crippen LogP contribution in [-0.4, -0.2) is 44.3 Å². The maximum atomic E-state index is 12.8. The predicted molar refractivity (Wildman–Crippen MR) is 117 cm³/mol. The molecule has 0 radical (unpaired) electrons. The number of amides is 1. The second-order valence-electron chi connectivity index (χ2n) is 7.41. The summed E-state index contributed by atoms with van der Waals surface area (Å²) in [7, 11) is -3.55. The molecule has 1 amide bonds. The summed E-state index contributed by atoms with van der Waals surface area (Å²) < 4.78 is 32.1. The molecule has 0 saturated carbocycles. The van der Waals surface area contributed by atoms with E-state index >= 15 is 0 Å². The third-order valence-corrected chi connectivity index (χ3v) is 8.16. The van der Waals surface area contributed by atoms with Crippen molar-refractivity contribution in [3.05, 3.63) is 46.3 Å². The van der Waals surface area contributed by atoms with Gasteiger partial charge in [-0.3, -0.25) is 4.79 Å². The van der Waals surface area contributed by atoms with E-state index in [1.54, 1.807) is 19.9 Å². The first kappa shape index (κ1) is 22.5. The summed E-state index contributed by atoms with van der Waals surface area (Å²) in [5, 5.41) is 3.28. The van der Waals surface area contributed by atoms with Gasteiger partial charge >= 0.3 is 5.97 Å². The van der Waals surface area contributed by atoms with Crippen molar-refractivity contribution in [3.8, 4) is 0 Å². The number of anilines is 1. The molecule has 1 aliphatic rings. The SMILES string of the molecule is CCOC(=O)c1sc(NC(=O)c2ccc(S(=O)(=O)N3CCC(C)CC3)cc2)cc1C. The summed E-state index contributed by atoms with van der Waals surface area (Å²) in [5.41, 5.74) is 1.07. The maximum absolute atomic E-state index is 12.8. The lowest BCUT2D eigenvalue weighted by Crippen LogP contribution is -2.37. The van der Waals surface area contributed by atoms with Crippen LogP contribution < -0.4 is 5.32 Å². The molecule has 1 N–H and O–H groups in total. The number of rotatable bonds is 6. The number of thiophene rings is 1. The molecule has 2 heterocycles. The van der Waals surface area contributed by atoms with Crippen molar-refractivity contribution in [1.29, 1.82) is 0 Å². The number of benzene rings is 1. The summed E-state index contributed by atoms with van der Waals surface area (Å²) in [6, 6.07) is 7.64. The number of ether oxygens (including phenoxy) is 1. The standard InChI is InChI=1S/C21H26N2O5S2/c1-4-28-21(25)19-15(3)13-18(29-19)22-20(24)16-5-7-17(8-6-16)30(26,27)23-11-9-14(2)10-12-23/h5-8,13-14H,4,9-12H2,1-3H3,(H,22,24). The lowest BCUT2D eigenvalue weighted by Gasteiger charge is -2.29. The van der Waals surface area contributed by atoms with Gasteiger partial charge in [0, 0.05) is 18.7 Å². The second kappa shape index (κ2) is 9.28. The summed E-state index contributed by atoms with van der Waals surface area (Å²) in [4.78, 5) is 25.1. The summed E-state index contributed by atoms with van der Waals surface area (Å²) in [6.07, 6.45) is 1.71. The van der Waals surface area contributed by atoms with Crippen LogP contribution in [0.1, 0.15) is 52.3 Å². The molecular weight excluding hydrogens is 424 g/mol. The Labute approximate surface area is 181 Å². The zero-order valence-electron chi connectivity index (χ0n) is 17.3. The van der Waals surface area contributed by atoms with Crippen LogP contribution in [0.2, 0.25) is 0 Å². The van der Waals surface area contributed by atoms with Crippen LogP contribution in [0.5, 0.6) is 0 Å². The lowest BCUT2D eigenvalue weighted by molar-refractivity contribution is 0.0531. The van der Waals surface area contributed by atoms with E-state index in [9.17, 15) is 18.0 Å². The van der Waals surface area contributed by atoms with E-state index in [0.29, 0.717) is 34.4 Å². The Hall–Kier alpha value is -2.23. The monoisotopic (exact) mass is 450 g/mol. The molecular formula is C21H26N2O5S2. The van der Waals surface area contributed by atoms with E-state index in [-0.39, 0.29) is 17.4 Å². The van der Waals surface area contributed by atoms with Crippen LogP contribution in [0.4, 0.5) is 5.00 Å². The number of piperidine rings is 1. The molecule has 1 saturated heterocycles. The second-order valence-corrected chi connectivity index (χ2v) is 10.4. The molecule has 30 heavy (non-hydrogen) atoms. The van der Waals surface area contributed by atoms with E-state index in [1.165, 1.54) is 28.6 Å². The van der Waals surface area contributed by atoms with Crippen molar-refractivity contribution < 1.29 is 22.7 Å². The average molecular weight is 451 g/mol. The Bertz CT molecular complexity index is 1020.